The standard InChI is InChI=1S/C15H15ClFN3O3S2.C14H20ClNO2/c1-23-13(21)8-24-12-7-11(10(17)6-9(12)16)18-14-19-4-2-3-5-20(19)15(22)25-14;1-4-11-7-6-8-12(5-2)14(11)16(10-18-3)13(17)9-15/h6-7H,2-5,8H2,1H3;6-8H,4-5,9-10H2,1-3H3/b18-14-;. The van der Waals surface area contributed by atoms with Crippen LogP contribution in [0.4, 0.5) is 15.8 Å². The van der Waals surface area contributed by atoms with Crippen molar-refractivity contribution in [2.45, 2.75) is 57.5 Å². The fourth-order valence-electron chi connectivity index (χ4n) is 4.45. The fourth-order valence-corrected chi connectivity index (χ4v) is 6.59. The molecular weight excluding hydrogens is 638 g/mol. The van der Waals surface area contributed by atoms with E-state index < -0.39 is 11.8 Å². The number of fused-ring (bicyclic) bond motifs is 1. The first-order valence-corrected chi connectivity index (χ1v) is 16.4. The van der Waals surface area contributed by atoms with Gasteiger partial charge in [-0.2, -0.15) is 0 Å². The third kappa shape index (κ3) is 8.95. The smallest absolute Gasteiger partial charge is 0.325 e. The molecule has 43 heavy (non-hydrogen) atoms. The van der Waals surface area contributed by atoms with E-state index in [2.05, 4.69) is 23.6 Å². The van der Waals surface area contributed by atoms with Crippen molar-refractivity contribution in [3.05, 3.63) is 66.8 Å². The number of thioether (sulfide) groups is 1. The number of amides is 1. The number of alkyl halides is 1. The van der Waals surface area contributed by atoms with Crippen LogP contribution in [-0.4, -0.2) is 53.8 Å². The van der Waals surface area contributed by atoms with Gasteiger partial charge in [0.05, 0.1) is 23.6 Å². The Morgan fingerprint density at radius 1 is 1.12 bits per heavy atom. The highest BCUT2D eigenvalue weighted by molar-refractivity contribution is 8.00. The van der Waals surface area contributed by atoms with E-state index in [1.54, 1.807) is 21.4 Å². The summed E-state index contributed by atoms with van der Waals surface area (Å²) < 4.78 is 27.4. The van der Waals surface area contributed by atoms with E-state index in [-0.39, 0.29) is 39.9 Å². The van der Waals surface area contributed by atoms with Gasteiger partial charge in [0.15, 0.2) is 0 Å². The van der Waals surface area contributed by atoms with Gasteiger partial charge in [-0.15, -0.1) is 23.4 Å². The van der Waals surface area contributed by atoms with E-state index in [1.807, 2.05) is 18.2 Å². The van der Waals surface area contributed by atoms with Gasteiger partial charge in [-0.3, -0.25) is 24.0 Å². The lowest BCUT2D eigenvalue weighted by Gasteiger charge is -2.26. The van der Waals surface area contributed by atoms with E-state index in [9.17, 15) is 18.8 Å². The maximum Gasteiger partial charge on any atom is 0.325 e. The average molecular weight is 674 g/mol. The molecule has 234 valence electrons. The van der Waals surface area contributed by atoms with Crippen molar-refractivity contribution in [1.82, 2.24) is 9.36 Å². The van der Waals surface area contributed by atoms with E-state index in [0.29, 0.717) is 22.8 Å². The minimum atomic E-state index is -0.580. The number of halogens is 3. The molecule has 1 aliphatic heterocycles. The Labute approximate surface area is 268 Å². The van der Waals surface area contributed by atoms with Crippen LogP contribution in [0, 0.1) is 5.82 Å². The topological polar surface area (TPSA) is 95.1 Å². The molecule has 0 spiro atoms. The molecule has 0 bridgehead atoms. The molecule has 14 heteroatoms. The molecule has 0 radical (unpaired) electrons. The van der Waals surface area contributed by atoms with Crippen LogP contribution in [0.15, 0.2) is 45.0 Å². The number of rotatable bonds is 10. The van der Waals surface area contributed by atoms with E-state index in [4.69, 9.17) is 27.9 Å². The monoisotopic (exact) mass is 672 g/mol. The number of aromatic nitrogens is 2. The van der Waals surface area contributed by atoms with Crippen molar-refractivity contribution in [2.75, 3.05) is 37.5 Å². The third-order valence-electron chi connectivity index (χ3n) is 6.59. The van der Waals surface area contributed by atoms with Crippen molar-refractivity contribution in [2.24, 2.45) is 4.99 Å². The molecule has 0 fully saturated rings. The Balaban J connectivity index is 0.000000250. The van der Waals surface area contributed by atoms with Gasteiger partial charge in [-0.1, -0.05) is 43.6 Å². The number of nitrogens with zero attached hydrogens (tertiary/aromatic N) is 4. The number of aryl methyl sites for hydroxylation is 2. The summed E-state index contributed by atoms with van der Waals surface area (Å²) in [5, 5.41) is 0.199. The van der Waals surface area contributed by atoms with E-state index in [0.717, 1.165) is 71.7 Å². The molecule has 1 aromatic heterocycles. The first-order valence-electron chi connectivity index (χ1n) is 13.7. The van der Waals surface area contributed by atoms with Crippen LogP contribution < -0.4 is 14.6 Å². The summed E-state index contributed by atoms with van der Waals surface area (Å²) in [7, 11) is 2.87. The number of hydrogen-bond acceptors (Lipinski definition) is 8. The van der Waals surface area contributed by atoms with Crippen LogP contribution in [0.3, 0.4) is 0 Å². The summed E-state index contributed by atoms with van der Waals surface area (Å²) in [6.45, 7) is 5.71. The van der Waals surface area contributed by atoms with Gasteiger partial charge in [-0.25, -0.2) is 14.1 Å². The first-order chi connectivity index (χ1) is 20.7. The summed E-state index contributed by atoms with van der Waals surface area (Å²) in [5.74, 6) is -1.09. The number of hydrogen-bond donors (Lipinski definition) is 0. The Hall–Kier alpha value is -2.64. The molecule has 2 heterocycles. The molecule has 9 nitrogen and oxygen atoms in total. The lowest BCUT2D eigenvalue weighted by Crippen LogP contribution is -2.35. The SMILES string of the molecule is CCc1cccc(CC)c1N(COC)C(=O)CCl.COC(=O)CSc1cc(/N=c2\sc(=O)n3n2CCCC3)c(F)cc1Cl. The normalized spacial score (nSPS) is 12.8. The zero-order chi connectivity index (χ0) is 31.5. The van der Waals surface area contributed by atoms with Crippen LogP contribution >= 0.6 is 46.3 Å². The van der Waals surface area contributed by atoms with Crippen LogP contribution in [0.2, 0.25) is 5.02 Å². The second-order valence-electron chi connectivity index (χ2n) is 9.32. The zero-order valence-electron chi connectivity index (χ0n) is 24.5. The molecule has 2 aromatic carbocycles. The summed E-state index contributed by atoms with van der Waals surface area (Å²) in [6, 6.07) is 8.75. The van der Waals surface area contributed by atoms with Crippen LogP contribution in [0.25, 0.3) is 0 Å². The van der Waals surface area contributed by atoms with Gasteiger partial charge in [0.25, 0.3) is 0 Å². The van der Waals surface area contributed by atoms with Crippen molar-refractivity contribution >= 4 is 69.6 Å². The highest BCUT2D eigenvalue weighted by atomic mass is 35.5. The number of para-hydroxylation sites is 1. The fraction of sp³-hybridized carbons (Fsp3) is 0.448. The van der Waals surface area contributed by atoms with Gasteiger partial charge in [0, 0.05) is 25.1 Å². The molecule has 0 atom stereocenters. The van der Waals surface area contributed by atoms with Gasteiger partial charge in [0.2, 0.25) is 10.7 Å². The van der Waals surface area contributed by atoms with E-state index >= 15 is 0 Å². The van der Waals surface area contributed by atoms with Crippen LogP contribution in [-0.2, 0) is 45.0 Å². The van der Waals surface area contributed by atoms with E-state index in [1.165, 1.54) is 13.2 Å². The Morgan fingerprint density at radius 3 is 2.35 bits per heavy atom. The number of carbonyl (C=O) groups excluding carboxylic acids is 2. The van der Waals surface area contributed by atoms with Gasteiger partial charge in [-0.05, 0) is 60.3 Å². The van der Waals surface area contributed by atoms with Crippen molar-refractivity contribution < 1.29 is 23.5 Å². The minimum Gasteiger partial charge on any atom is -0.468 e. The molecule has 0 saturated carbocycles. The largest absolute Gasteiger partial charge is 0.468 e. The van der Waals surface area contributed by atoms with Gasteiger partial charge >= 0.3 is 10.8 Å². The van der Waals surface area contributed by atoms with Crippen molar-refractivity contribution in [3.8, 4) is 0 Å². The molecule has 0 N–H and O–H groups in total. The summed E-state index contributed by atoms with van der Waals surface area (Å²) in [4.78, 5) is 42.1. The Kier molecular flexibility index (Phi) is 13.8. The maximum atomic E-state index is 14.3. The third-order valence-corrected chi connectivity index (χ3v) is 9.14. The second-order valence-corrected chi connectivity index (χ2v) is 11.9. The first kappa shape index (κ1) is 34.8. The molecule has 0 aliphatic carbocycles. The highest BCUT2D eigenvalue weighted by Crippen LogP contribution is 2.33. The molecule has 4 rings (SSSR count). The van der Waals surface area contributed by atoms with Crippen molar-refractivity contribution in [3.63, 3.8) is 0 Å². The predicted octanol–water partition coefficient (Wildman–Crippen LogP) is 5.78. The lowest BCUT2D eigenvalue weighted by molar-refractivity contribution is -0.137. The number of methoxy groups -OCH3 is 2. The quantitative estimate of drug-likeness (QED) is 0.117. The number of ether oxygens (including phenoxy) is 2. The van der Waals surface area contributed by atoms with Crippen molar-refractivity contribution in [1.29, 1.82) is 0 Å². The van der Waals surface area contributed by atoms with Gasteiger partial charge in [0.1, 0.15) is 24.1 Å². The Morgan fingerprint density at radius 2 is 1.77 bits per heavy atom. The predicted molar refractivity (Wildman–Crippen MR) is 170 cm³/mol. The number of anilines is 1. The average Bonchev–Trinajstić information content (AvgIpc) is 3.34. The second kappa shape index (κ2) is 17.0. The van der Waals surface area contributed by atoms with Crippen LogP contribution in [0.1, 0.15) is 37.8 Å². The maximum absolute atomic E-state index is 14.3. The number of esters is 1. The summed E-state index contributed by atoms with van der Waals surface area (Å²) >= 11 is 13.8. The zero-order valence-corrected chi connectivity index (χ0v) is 27.7. The molecule has 3 aromatic rings. The summed E-state index contributed by atoms with van der Waals surface area (Å²) in [6.07, 6.45) is 3.64. The van der Waals surface area contributed by atoms with Crippen LogP contribution in [0.5, 0.6) is 0 Å². The minimum absolute atomic E-state index is 0.0371. The highest BCUT2D eigenvalue weighted by Gasteiger charge is 2.20. The molecule has 1 amide bonds. The Bertz CT molecular complexity index is 1530. The molecule has 1 aliphatic rings. The van der Waals surface area contributed by atoms with Gasteiger partial charge < -0.3 is 9.47 Å². The molecule has 0 saturated heterocycles. The molecular formula is C29H35Cl2FN4O5S2. The summed E-state index contributed by atoms with van der Waals surface area (Å²) in [5.41, 5.74) is 3.32. The number of carbonyl (C=O) groups is 2. The lowest BCUT2D eigenvalue weighted by atomic mass is 10.0. The number of benzene rings is 2. The molecule has 0 unspecified atom stereocenters.